The standard InChI is InChI=1S/C13H20N2O2/c1-9(2)12(13(16)17-4)15-10(3)11-7-5-6-8-14-11/h5-10,12,15H,1-4H3/t10?,12-/m1/s1. The molecule has 0 amide bonds. The first kappa shape index (κ1) is 13.6. The highest BCUT2D eigenvalue weighted by atomic mass is 16.5. The van der Waals surface area contributed by atoms with E-state index in [9.17, 15) is 4.79 Å². The molecular weight excluding hydrogens is 216 g/mol. The molecule has 1 aromatic rings. The van der Waals surface area contributed by atoms with E-state index in [4.69, 9.17) is 4.74 Å². The van der Waals surface area contributed by atoms with E-state index < -0.39 is 0 Å². The molecule has 4 nitrogen and oxygen atoms in total. The first-order valence-corrected chi connectivity index (χ1v) is 5.81. The highest BCUT2D eigenvalue weighted by Gasteiger charge is 2.25. The van der Waals surface area contributed by atoms with E-state index in [1.54, 1.807) is 6.20 Å². The quantitative estimate of drug-likeness (QED) is 0.794. The second-order valence-corrected chi connectivity index (χ2v) is 4.39. The zero-order chi connectivity index (χ0) is 12.8. The third-order valence-electron chi connectivity index (χ3n) is 2.68. The second-order valence-electron chi connectivity index (χ2n) is 4.39. The van der Waals surface area contributed by atoms with Gasteiger partial charge in [0.1, 0.15) is 6.04 Å². The summed E-state index contributed by atoms with van der Waals surface area (Å²) in [5, 5.41) is 3.25. The zero-order valence-electron chi connectivity index (χ0n) is 10.8. The van der Waals surface area contributed by atoms with Gasteiger partial charge in [0.2, 0.25) is 0 Å². The van der Waals surface area contributed by atoms with Crippen LogP contribution in [0.5, 0.6) is 0 Å². The maximum Gasteiger partial charge on any atom is 0.323 e. The molecule has 0 aliphatic rings. The number of carbonyl (C=O) groups is 1. The first-order valence-electron chi connectivity index (χ1n) is 5.81. The minimum Gasteiger partial charge on any atom is -0.468 e. The van der Waals surface area contributed by atoms with Gasteiger partial charge in [0, 0.05) is 12.2 Å². The summed E-state index contributed by atoms with van der Waals surface area (Å²) in [6, 6.07) is 5.45. The Labute approximate surface area is 102 Å². The topological polar surface area (TPSA) is 51.2 Å². The van der Waals surface area contributed by atoms with Gasteiger partial charge in [-0.1, -0.05) is 19.9 Å². The van der Waals surface area contributed by atoms with Gasteiger partial charge in [-0.05, 0) is 25.0 Å². The van der Waals surface area contributed by atoms with Gasteiger partial charge in [-0.25, -0.2) is 0 Å². The van der Waals surface area contributed by atoms with Crippen molar-refractivity contribution < 1.29 is 9.53 Å². The number of nitrogens with one attached hydrogen (secondary N) is 1. The van der Waals surface area contributed by atoms with Gasteiger partial charge in [0.15, 0.2) is 0 Å². The third kappa shape index (κ3) is 3.82. The predicted molar refractivity (Wildman–Crippen MR) is 66.4 cm³/mol. The van der Waals surface area contributed by atoms with Crippen molar-refractivity contribution in [1.82, 2.24) is 10.3 Å². The van der Waals surface area contributed by atoms with Gasteiger partial charge in [0.25, 0.3) is 0 Å². The molecule has 1 heterocycles. The molecule has 0 aliphatic carbocycles. The van der Waals surface area contributed by atoms with Crippen molar-refractivity contribution in [1.29, 1.82) is 0 Å². The summed E-state index contributed by atoms with van der Waals surface area (Å²) in [6.45, 7) is 5.96. The number of esters is 1. The molecule has 0 bridgehead atoms. The molecule has 1 rings (SSSR count). The van der Waals surface area contributed by atoms with Crippen LogP contribution in [0.25, 0.3) is 0 Å². The lowest BCUT2D eigenvalue weighted by Gasteiger charge is -2.23. The lowest BCUT2D eigenvalue weighted by Crippen LogP contribution is -2.43. The molecule has 1 N–H and O–H groups in total. The fourth-order valence-electron chi connectivity index (χ4n) is 1.65. The smallest absolute Gasteiger partial charge is 0.323 e. The van der Waals surface area contributed by atoms with E-state index in [1.165, 1.54) is 7.11 Å². The number of nitrogens with zero attached hydrogens (tertiary/aromatic N) is 1. The minimum absolute atomic E-state index is 0.0164. The molecule has 0 saturated heterocycles. The summed E-state index contributed by atoms with van der Waals surface area (Å²) in [5.41, 5.74) is 0.919. The van der Waals surface area contributed by atoms with Gasteiger partial charge >= 0.3 is 5.97 Å². The Morgan fingerprint density at radius 2 is 2.06 bits per heavy atom. The van der Waals surface area contributed by atoms with E-state index in [0.29, 0.717) is 0 Å². The summed E-state index contributed by atoms with van der Waals surface area (Å²) >= 11 is 0. The van der Waals surface area contributed by atoms with Crippen LogP contribution in [0, 0.1) is 5.92 Å². The Hall–Kier alpha value is -1.42. The molecule has 17 heavy (non-hydrogen) atoms. The number of pyridine rings is 1. The predicted octanol–water partition coefficient (Wildman–Crippen LogP) is 1.93. The van der Waals surface area contributed by atoms with E-state index in [-0.39, 0.29) is 24.0 Å². The lowest BCUT2D eigenvalue weighted by molar-refractivity contribution is -0.144. The molecule has 4 heteroatoms. The van der Waals surface area contributed by atoms with Gasteiger partial charge in [-0.15, -0.1) is 0 Å². The van der Waals surface area contributed by atoms with Crippen LogP contribution in [-0.2, 0) is 9.53 Å². The lowest BCUT2D eigenvalue weighted by atomic mass is 10.0. The van der Waals surface area contributed by atoms with Crippen molar-refractivity contribution in [3.8, 4) is 0 Å². The van der Waals surface area contributed by atoms with E-state index in [2.05, 4.69) is 10.3 Å². The van der Waals surface area contributed by atoms with Crippen LogP contribution < -0.4 is 5.32 Å². The molecular formula is C13H20N2O2. The number of rotatable bonds is 5. The molecule has 2 atom stereocenters. The van der Waals surface area contributed by atoms with Crippen LogP contribution in [-0.4, -0.2) is 24.1 Å². The number of carbonyl (C=O) groups excluding carboxylic acids is 1. The normalized spacial score (nSPS) is 14.4. The largest absolute Gasteiger partial charge is 0.468 e. The summed E-state index contributed by atoms with van der Waals surface area (Å²) in [6.07, 6.45) is 1.75. The summed E-state index contributed by atoms with van der Waals surface area (Å²) < 4.78 is 4.79. The summed E-state index contributed by atoms with van der Waals surface area (Å²) in [5.74, 6) is -0.0589. The molecule has 1 unspecified atom stereocenters. The maximum absolute atomic E-state index is 11.6. The van der Waals surface area contributed by atoms with Gasteiger partial charge in [0.05, 0.1) is 12.8 Å². The van der Waals surface area contributed by atoms with Crippen molar-refractivity contribution in [2.75, 3.05) is 7.11 Å². The average molecular weight is 236 g/mol. The summed E-state index contributed by atoms with van der Waals surface area (Å²) in [4.78, 5) is 15.9. The van der Waals surface area contributed by atoms with Crippen molar-refractivity contribution in [2.45, 2.75) is 32.9 Å². The second kappa shape index (κ2) is 6.35. The molecule has 0 aliphatic heterocycles. The van der Waals surface area contributed by atoms with E-state index >= 15 is 0 Å². The highest BCUT2D eigenvalue weighted by Crippen LogP contribution is 2.13. The highest BCUT2D eigenvalue weighted by molar-refractivity contribution is 5.76. The van der Waals surface area contributed by atoms with Gasteiger partial charge in [-0.3, -0.25) is 15.1 Å². The van der Waals surface area contributed by atoms with Gasteiger partial charge in [-0.2, -0.15) is 0 Å². The molecule has 0 saturated carbocycles. The Balaban J connectivity index is 2.71. The SMILES string of the molecule is COC(=O)[C@H](NC(C)c1ccccn1)C(C)C. The number of ether oxygens (including phenoxy) is 1. The number of hydrogen-bond donors (Lipinski definition) is 1. The first-order chi connectivity index (χ1) is 8.06. The number of hydrogen-bond acceptors (Lipinski definition) is 4. The Kier molecular flexibility index (Phi) is 5.10. The summed E-state index contributed by atoms with van der Waals surface area (Å²) in [7, 11) is 1.41. The molecule has 94 valence electrons. The number of aromatic nitrogens is 1. The average Bonchev–Trinajstić information content (AvgIpc) is 2.35. The third-order valence-corrected chi connectivity index (χ3v) is 2.68. The Morgan fingerprint density at radius 1 is 1.35 bits per heavy atom. The molecule has 0 spiro atoms. The van der Waals surface area contributed by atoms with E-state index in [0.717, 1.165) is 5.69 Å². The van der Waals surface area contributed by atoms with Gasteiger partial charge < -0.3 is 4.74 Å². The van der Waals surface area contributed by atoms with Crippen LogP contribution in [0.1, 0.15) is 32.5 Å². The monoisotopic (exact) mass is 236 g/mol. The van der Waals surface area contributed by atoms with Crippen LogP contribution in [0.4, 0.5) is 0 Å². The van der Waals surface area contributed by atoms with Crippen LogP contribution in [0.2, 0.25) is 0 Å². The fourth-order valence-corrected chi connectivity index (χ4v) is 1.65. The van der Waals surface area contributed by atoms with Crippen molar-refractivity contribution >= 4 is 5.97 Å². The van der Waals surface area contributed by atoms with Crippen LogP contribution >= 0.6 is 0 Å². The number of methoxy groups -OCH3 is 1. The van der Waals surface area contributed by atoms with Crippen LogP contribution in [0.15, 0.2) is 24.4 Å². The van der Waals surface area contributed by atoms with Crippen LogP contribution in [0.3, 0.4) is 0 Å². The van der Waals surface area contributed by atoms with Crippen molar-refractivity contribution in [3.63, 3.8) is 0 Å². The molecule has 0 aromatic carbocycles. The Bertz CT molecular complexity index is 352. The molecule has 0 fully saturated rings. The van der Waals surface area contributed by atoms with Crippen molar-refractivity contribution in [2.24, 2.45) is 5.92 Å². The minimum atomic E-state index is -0.308. The molecule has 0 radical (unpaired) electrons. The van der Waals surface area contributed by atoms with E-state index in [1.807, 2.05) is 39.0 Å². The Morgan fingerprint density at radius 3 is 2.53 bits per heavy atom. The fraction of sp³-hybridized carbons (Fsp3) is 0.538. The van der Waals surface area contributed by atoms with Crippen molar-refractivity contribution in [3.05, 3.63) is 30.1 Å². The maximum atomic E-state index is 11.6. The molecule has 1 aromatic heterocycles. The zero-order valence-corrected chi connectivity index (χ0v) is 10.8.